The van der Waals surface area contributed by atoms with Crippen LogP contribution in [-0.2, 0) is 4.74 Å². The van der Waals surface area contributed by atoms with E-state index in [1.807, 2.05) is 19.2 Å². The lowest BCUT2D eigenvalue weighted by Gasteiger charge is -2.41. The lowest BCUT2D eigenvalue weighted by molar-refractivity contribution is -0.00833. The van der Waals surface area contributed by atoms with E-state index in [9.17, 15) is 0 Å². The summed E-state index contributed by atoms with van der Waals surface area (Å²) in [5.41, 5.74) is 1.40. The molecule has 0 bridgehead atoms. The Balaban J connectivity index is 1.74. The van der Waals surface area contributed by atoms with E-state index >= 15 is 0 Å². The van der Waals surface area contributed by atoms with E-state index in [0.29, 0.717) is 5.92 Å². The molecule has 0 radical (unpaired) electrons. The summed E-state index contributed by atoms with van der Waals surface area (Å²) in [6.45, 7) is 12.1. The van der Waals surface area contributed by atoms with E-state index in [1.165, 1.54) is 5.56 Å². The van der Waals surface area contributed by atoms with E-state index in [-0.39, 0.29) is 5.54 Å². The smallest absolute Gasteiger partial charge is 0.191 e. The highest BCUT2D eigenvalue weighted by Gasteiger charge is 2.28. The number of nitrogens with one attached hydrogen (secondary N) is 2. The first kappa shape index (κ1) is 21.5. The van der Waals surface area contributed by atoms with Gasteiger partial charge in [0.25, 0.3) is 0 Å². The van der Waals surface area contributed by atoms with E-state index in [0.717, 1.165) is 57.5 Å². The lowest BCUT2D eigenvalue weighted by atomic mass is 9.98. The molecule has 0 aromatic heterocycles. The number of aliphatic imine (C=N–C) groups is 1. The Hall–Kier alpha value is -1.79. The second kappa shape index (κ2) is 10.5. The molecule has 2 rings (SSSR count). The van der Waals surface area contributed by atoms with Crippen LogP contribution in [-0.4, -0.2) is 69.9 Å². The molecule has 1 unspecified atom stereocenters. The summed E-state index contributed by atoms with van der Waals surface area (Å²) in [7, 11) is 3.52. The number of hydrogen-bond acceptors (Lipinski definition) is 4. The minimum atomic E-state index is 0.0672. The molecule has 0 amide bonds. The zero-order chi connectivity index (χ0) is 19.7. The Kier molecular flexibility index (Phi) is 8.38. The molecule has 1 aliphatic heterocycles. The van der Waals surface area contributed by atoms with Crippen molar-refractivity contribution < 1.29 is 9.47 Å². The van der Waals surface area contributed by atoms with Gasteiger partial charge in [-0.15, -0.1) is 0 Å². The van der Waals surface area contributed by atoms with Crippen molar-refractivity contribution in [3.05, 3.63) is 29.8 Å². The van der Waals surface area contributed by atoms with Crippen LogP contribution in [0, 0.1) is 0 Å². The number of benzene rings is 1. The summed E-state index contributed by atoms with van der Waals surface area (Å²) in [5.74, 6) is 2.24. The van der Waals surface area contributed by atoms with Crippen molar-refractivity contribution in [3.63, 3.8) is 0 Å². The molecular weight excluding hydrogens is 340 g/mol. The number of nitrogens with zero attached hydrogens (tertiary/aromatic N) is 2. The standard InChI is InChI=1S/C21H36N4O2/c1-17(18-6-8-19(26-5)9-7-18)10-11-23-20(22-4)24-16-21(2,3)25-12-14-27-15-13-25/h6-9,17H,10-16H2,1-5H3,(H2,22,23,24). The van der Waals surface area contributed by atoms with Gasteiger partial charge in [0.05, 0.1) is 20.3 Å². The van der Waals surface area contributed by atoms with Gasteiger partial charge in [-0.3, -0.25) is 9.89 Å². The quantitative estimate of drug-likeness (QED) is 0.539. The third kappa shape index (κ3) is 6.70. The third-order valence-electron chi connectivity index (χ3n) is 5.33. The minimum absolute atomic E-state index is 0.0672. The topological polar surface area (TPSA) is 58.1 Å². The number of morpholine rings is 1. The van der Waals surface area contributed by atoms with Crippen LogP contribution < -0.4 is 15.4 Å². The normalized spacial score (nSPS) is 17.4. The molecule has 1 aliphatic rings. The van der Waals surface area contributed by atoms with Gasteiger partial charge < -0.3 is 20.1 Å². The Morgan fingerprint density at radius 3 is 2.48 bits per heavy atom. The molecule has 0 spiro atoms. The summed E-state index contributed by atoms with van der Waals surface area (Å²) in [6, 6.07) is 8.32. The Labute approximate surface area is 164 Å². The zero-order valence-electron chi connectivity index (χ0n) is 17.5. The van der Waals surface area contributed by atoms with Crippen molar-refractivity contribution in [2.45, 2.75) is 38.6 Å². The van der Waals surface area contributed by atoms with E-state index in [2.05, 4.69) is 53.4 Å². The molecule has 1 heterocycles. The first-order valence-electron chi connectivity index (χ1n) is 9.87. The number of guanidine groups is 1. The van der Waals surface area contributed by atoms with Gasteiger partial charge in [0.1, 0.15) is 5.75 Å². The monoisotopic (exact) mass is 376 g/mol. The van der Waals surface area contributed by atoms with Gasteiger partial charge in [0, 0.05) is 38.8 Å². The van der Waals surface area contributed by atoms with Gasteiger partial charge in [-0.1, -0.05) is 19.1 Å². The van der Waals surface area contributed by atoms with Gasteiger partial charge >= 0.3 is 0 Å². The first-order valence-corrected chi connectivity index (χ1v) is 9.87. The number of rotatable bonds is 8. The van der Waals surface area contributed by atoms with Crippen LogP contribution in [0.4, 0.5) is 0 Å². The molecule has 1 fully saturated rings. The van der Waals surface area contributed by atoms with Crippen LogP contribution in [0.5, 0.6) is 5.75 Å². The SMILES string of the molecule is CN=C(NCCC(C)c1ccc(OC)cc1)NCC(C)(C)N1CCOCC1. The summed E-state index contributed by atoms with van der Waals surface area (Å²) < 4.78 is 10.7. The number of methoxy groups -OCH3 is 1. The molecule has 152 valence electrons. The Morgan fingerprint density at radius 1 is 1.22 bits per heavy atom. The molecule has 0 saturated carbocycles. The van der Waals surface area contributed by atoms with Crippen molar-refractivity contribution in [2.24, 2.45) is 4.99 Å². The van der Waals surface area contributed by atoms with E-state index in [4.69, 9.17) is 9.47 Å². The maximum absolute atomic E-state index is 5.46. The lowest BCUT2D eigenvalue weighted by Crippen LogP contribution is -2.56. The van der Waals surface area contributed by atoms with E-state index in [1.54, 1.807) is 7.11 Å². The molecule has 1 saturated heterocycles. The van der Waals surface area contributed by atoms with Gasteiger partial charge in [-0.2, -0.15) is 0 Å². The predicted octanol–water partition coefficient (Wildman–Crippen LogP) is 2.46. The molecule has 2 N–H and O–H groups in total. The van der Waals surface area contributed by atoms with Crippen molar-refractivity contribution in [1.29, 1.82) is 0 Å². The van der Waals surface area contributed by atoms with Crippen molar-refractivity contribution in [1.82, 2.24) is 15.5 Å². The van der Waals surface area contributed by atoms with Gasteiger partial charge in [0.15, 0.2) is 5.96 Å². The van der Waals surface area contributed by atoms with Crippen molar-refractivity contribution in [3.8, 4) is 5.75 Å². The molecule has 27 heavy (non-hydrogen) atoms. The molecule has 1 aromatic carbocycles. The molecule has 1 atom stereocenters. The fraction of sp³-hybridized carbons (Fsp3) is 0.667. The maximum Gasteiger partial charge on any atom is 0.191 e. The van der Waals surface area contributed by atoms with Crippen LogP contribution in [0.3, 0.4) is 0 Å². The van der Waals surface area contributed by atoms with Gasteiger partial charge in [0.2, 0.25) is 0 Å². The average molecular weight is 377 g/mol. The minimum Gasteiger partial charge on any atom is -0.497 e. The fourth-order valence-corrected chi connectivity index (χ4v) is 3.31. The first-order chi connectivity index (χ1) is 13.0. The summed E-state index contributed by atoms with van der Waals surface area (Å²) >= 11 is 0. The second-order valence-electron chi connectivity index (χ2n) is 7.73. The average Bonchev–Trinajstić information content (AvgIpc) is 2.71. The molecule has 0 aliphatic carbocycles. The van der Waals surface area contributed by atoms with Crippen LogP contribution in [0.2, 0.25) is 0 Å². The molecule has 6 nitrogen and oxygen atoms in total. The summed E-state index contributed by atoms with van der Waals surface area (Å²) in [4.78, 5) is 6.84. The Bertz CT molecular complexity index is 580. The summed E-state index contributed by atoms with van der Waals surface area (Å²) in [6.07, 6.45) is 1.04. The molecular formula is C21H36N4O2. The van der Waals surface area contributed by atoms with Crippen LogP contribution in [0.15, 0.2) is 29.3 Å². The predicted molar refractivity (Wildman–Crippen MR) is 112 cm³/mol. The second-order valence-corrected chi connectivity index (χ2v) is 7.73. The molecule has 6 heteroatoms. The summed E-state index contributed by atoms with van der Waals surface area (Å²) in [5, 5.41) is 6.91. The van der Waals surface area contributed by atoms with E-state index < -0.39 is 0 Å². The highest BCUT2D eigenvalue weighted by Crippen LogP contribution is 2.21. The maximum atomic E-state index is 5.46. The highest BCUT2D eigenvalue weighted by atomic mass is 16.5. The third-order valence-corrected chi connectivity index (χ3v) is 5.33. The fourth-order valence-electron chi connectivity index (χ4n) is 3.31. The highest BCUT2D eigenvalue weighted by molar-refractivity contribution is 5.79. The van der Waals surface area contributed by atoms with Crippen LogP contribution >= 0.6 is 0 Å². The zero-order valence-corrected chi connectivity index (χ0v) is 17.5. The number of hydrogen-bond donors (Lipinski definition) is 2. The van der Waals surface area contributed by atoms with Crippen molar-refractivity contribution >= 4 is 5.96 Å². The van der Waals surface area contributed by atoms with Gasteiger partial charge in [-0.25, -0.2) is 0 Å². The van der Waals surface area contributed by atoms with Crippen LogP contribution in [0.1, 0.15) is 38.7 Å². The Morgan fingerprint density at radius 2 is 1.89 bits per heavy atom. The largest absolute Gasteiger partial charge is 0.497 e. The van der Waals surface area contributed by atoms with Crippen LogP contribution in [0.25, 0.3) is 0 Å². The van der Waals surface area contributed by atoms with Crippen molar-refractivity contribution in [2.75, 3.05) is 53.6 Å². The van der Waals surface area contributed by atoms with Gasteiger partial charge in [-0.05, 0) is 43.9 Å². The number of ether oxygens (including phenoxy) is 2. The molecule has 1 aromatic rings.